The predicted octanol–water partition coefficient (Wildman–Crippen LogP) is 1.90. The van der Waals surface area contributed by atoms with E-state index in [0.717, 1.165) is 0 Å². The van der Waals surface area contributed by atoms with Crippen molar-refractivity contribution in [3.63, 3.8) is 0 Å². The van der Waals surface area contributed by atoms with Crippen molar-refractivity contribution in [2.45, 2.75) is 0 Å². The standard InChI is InChI=1S/C5H4ClN.H3N/c6-5-3-1-2-4-7-5;/h1-4H;1H3. The van der Waals surface area contributed by atoms with Gasteiger partial charge in [0.05, 0.1) is 0 Å². The number of hydrogen-bond acceptors (Lipinski definition) is 2. The van der Waals surface area contributed by atoms with Gasteiger partial charge in [0, 0.05) is 6.20 Å². The summed E-state index contributed by atoms with van der Waals surface area (Å²) in [5, 5.41) is 0.544. The van der Waals surface area contributed by atoms with E-state index in [1.807, 2.05) is 12.1 Å². The van der Waals surface area contributed by atoms with Crippen LogP contribution in [0.1, 0.15) is 0 Å². The Kier molecular flexibility index (Phi) is 3.15. The maximum absolute atomic E-state index is 5.43. The molecule has 44 valence electrons. The molecule has 8 heavy (non-hydrogen) atoms. The van der Waals surface area contributed by atoms with Crippen LogP contribution in [0.3, 0.4) is 0 Å². The zero-order valence-electron chi connectivity index (χ0n) is 4.34. The van der Waals surface area contributed by atoms with Gasteiger partial charge in [0.1, 0.15) is 5.15 Å². The summed E-state index contributed by atoms with van der Waals surface area (Å²) >= 11 is 5.43. The summed E-state index contributed by atoms with van der Waals surface area (Å²) in [6.45, 7) is 0. The quantitative estimate of drug-likeness (QED) is 0.546. The minimum atomic E-state index is 0. The summed E-state index contributed by atoms with van der Waals surface area (Å²) in [5.41, 5.74) is 0. The number of nitrogens with zero attached hydrogens (tertiary/aromatic N) is 1. The molecule has 0 aromatic carbocycles. The molecule has 0 radical (unpaired) electrons. The van der Waals surface area contributed by atoms with Crippen molar-refractivity contribution in [2.24, 2.45) is 0 Å². The fourth-order valence-corrected chi connectivity index (χ4v) is 0.471. The van der Waals surface area contributed by atoms with Crippen molar-refractivity contribution in [2.75, 3.05) is 0 Å². The molecule has 0 atom stereocenters. The maximum Gasteiger partial charge on any atom is 0.129 e. The van der Waals surface area contributed by atoms with Crippen LogP contribution in [0.5, 0.6) is 0 Å². The molecule has 0 saturated heterocycles. The Morgan fingerprint density at radius 3 is 2.38 bits per heavy atom. The van der Waals surface area contributed by atoms with Crippen molar-refractivity contribution in [1.29, 1.82) is 0 Å². The third kappa shape index (κ3) is 1.91. The van der Waals surface area contributed by atoms with Gasteiger partial charge in [-0.25, -0.2) is 4.98 Å². The van der Waals surface area contributed by atoms with Crippen molar-refractivity contribution in [3.8, 4) is 0 Å². The normalized spacial score (nSPS) is 7.62. The fraction of sp³-hybridized carbons (Fsp3) is 0. The summed E-state index contributed by atoms with van der Waals surface area (Å²) < 4.78 is 0. The van der Waals surface area contributed by atoms with Gasteiger partial charge in [0.2, 0.25) is 0 Å². The van der Waals surface area contributed by atoms with Gasteiger partial charge in [-0.05, 0) is 12.1 Å². The molecule has 0 spiro atoms. The van der Waals surface area contributed by atoms with E-state index < -0.39 is 0 Å². The van der Waals surface area contributed by atoms with Crippen molar-refractivity contribution in [1.82, 2.24) is 11.1 Å². The Morgan fingerprint density at radius 2 is 2.12 bits per heavy atom. The van der Waals surface area contributed by atoms with Crippen LogP contribution >= 0.6 is 11.6 Å². The second-order valence-corrected chi connectivity index (χ2v) is 1.54. The van der Waals surface area contributed by atoms with Gasteiger partial charge in [0.25, 0.3) is 0 Å². The van der Waals surface area contributed by atoms with Crippen LogP contribution in [0.15, 0.2) is 24.4 Å². The van der Waals surface area contributed by atoms with E-state index in [2.05, 4.69) is 4.98 Å². The van der Waals surface area contributed by atoms with Crippen LogP contribution in [-0.4, -0.2) is 4.98 Å². The molecular formula is C5H7ClN2. The monoisotopic (exact) mass is 130 g/mol. The van der Waals surface area contributed by atoms with Crippen LogP contribution in [0.4, 0.5) is 0 Å². The van der Waals surface area contributed by atoms with Crippen molar-refractivity contribution < 1.29 is 0 Å². The lowest BCUT2D eigenvalue weighted by molar-refractivity contribution is 1.33. The van der Waals surface area contributed by atoms with Crippen LogP contribution < -0.4 is 6.15 Å². The minimum absolute atomic E-state index is 0. The predicted molar refractivity (Wildman–Crippen MR) is 34.3 cm³/mol. The fourth-order valence-electron chi connectivity index (χ4n) is 0.342. The average Bonchev–Trinajstić information content (AvgIpc) is 1.69. The lowest BCUT2D eigenvalue weighted by Crippen LogP contribution is -1.65. The Morgan fingerprint density at radius 1 is 1.38 bits per heavy atom. The highest BCUT2D eigenvalue weighted by Gasteiger charge is 1.76. The van der Waals surface area contributed by atoms with E-state index in [9.17, 15) is 0 Å². The van der Waals surface area contributed by atoms with Crippen molar-refractivity contribution >= 4 is 11.6 Å². The van der Waals surface area contributed by atoms with Gasteiger partial charge in [-0.1, -0.05) is 17.7 Å². The van der Waals surface area contributed by atoms with E-state index in [4.69, 9.17) is 11.6 Å². The van der Waals surface area contributed by atoms with E-state index in [0.29, 0.717) is 5.15 Å². The molecule has 1 aromatic rings. The summed E-state index contributed by atoms with van der Waals surface area (Å²) in [5.74, 6) is 0. The Bertz CT molecular complexity index is 140. The topological polar surface area (TPSA) is 47.9 Å². The van der Waals surface area contributed by atoms with Gasteiger partial charge in [0.15, 0.2) is 0 Å². The second-order valence-electron chi connectivity index (χ2n) is 1.15. The molecule has 0 bridgehead atoms. The van der Waals surface area contributed by atoms with E-state index >= 15 is 0 Å². The van der Waals surface area contributed by atoms with Crippen LogP contribution in [0, 0.1) is 0 Å². The smallest absolute Gasteiger partial charge is 0.129 e. The molecule has 2 nitrogen and oxygen atoms in total. The third-order valence-corrected chi connectivity index (χ3v) is 0.852. The minimum Gasteiger partial charge on any atom is -0.344 e. The molecule has 0 fully saturated rings. The Labute approximate surface area is 53.1 Å². The lowest BCUT2D eigenvalue weighted by atomic mass is 10.5. The average molecular weight is 131 g/mol. The molecule has 1 aromatic heterocycles. The molecule has 0 aliphatic carbocycles. The number of pyridine rings is 1. The first kappa shape index (κ1) is 7.40. The number of halogens is 1. The molecule has 0 unspecified atom stereocenters. The summed E-state index contributed by atoms with van der Waals surface area (Å²) in [6.07, 6.45) is 1.66. The van der Waals surface area contributed by atoms with E-state index in [-0.39, 0.29) is 6.15 Å². The molecular weight excluding hydrogens is 124 g/mol. The maximum atomic E-state index is 5.43. The lowest BCUT2D eigenvalue weighted by Gasteiger charge is -1.79. The number of aromatic nitrogens is 1. The molecule has 0 aliphatic rings. The van der Waals surface area contributed by atoms with Crippen LogP contribution in [-0.2, 0) is 0 Å². The molecule has 0 aliphatic heterocycles. The third-order valence-electron chi connectivity index (χ3n) is 0.629. The molecule has 3 N–H and O–H groups in total. The van der Waals surface area contributed by atoms with Gasteiger partial charge in [-0.2, -0.15) is 0 Å². The highest BCUT2D eigenvalue weighted by atomic mass is 35.5. The highest BCUT2D eigenvalue weighted by Crippen LogP contribution is 1.98. The Hall–Kier alpha value is -0.600. The van der Waals surface area contributed by atoms with Gasteiger partial charge in [-0.3, -0.25) is 0 Å². The molecule has 1 rings (SSSR count). The first-order valence-electron chi connectivity index (χ1n) is 1.96. The van der Waals surface area contributed by atoms with Gasteiger partial charge < -0.3 is 6.15 Å². The zero-order valence-corrected chi connectivity index (χ0v) is 5.10. The second kappa shape index (κ2) is 3.41. The number of hydrogen-bond donors (Lipinski definition) is 1. The van der Waals surface area contributed by atoms with Crippen molar-refractivity contribution in [3.05, 3.63) is 29.5 Å². The molecule has 1 heterocycles. The Balaban J connectivity index is 0.000000490. The van der Waals surface area contributed by atoms with E-state index in [1.54, 1.807) is 12.3 Å². The SMILES string of the molecule is Clc1ccccn1.N. The summed E-state index contributed by atoms with van der Waals surface area (Å²) in [4.78, 5) is 3.74. The molecule has 3 heteroatoms. The first-order chi connectivity index (χ1) is 3.39. The van der Waals surface area contributed by atoms with E-state index in [1.165, 1.54) is 0 Å². The zero-order chi connectivity index (χ0) is 5.11. The largest absolute Gasteiger partial charge is 0.344 e. The molecule has 0 amide bonds. The summed E-state index contributed by atoms with van der Waals surface area (Å²) in [6, 6.07) is 5.41. The highest BCUT2D eigenvalue weighted by molar-refractivity contribution is 6.29. The molecule has 0 saturated carbocycles. The van der Waals surface area contributed by atoms with Gasteiger partial charge in [-0.15, -0.1) is 0 Å². The first-order valence-corrected chi connectivity index (χ1v) is 2.34. The summed E-state index contributed by atoms with van der Waals surface area (Å²) in [7, 11) is 0. The van der Waals surface area contributed by atoms with Crippen LogP contribution in [0.25, 0.3) is 0 Å². The number of rotatable bonds is 0. The van der Waals surface area contributed by atoms with Crippen LogP contribution in [0.2, 0.25) is 5.15 Å². The van der Waals surface area contributed by atoms with Gasteiger partial charge >= 0.3 is 0 Å².